The van der Waals surface area contributed by atoms with Crippen LogP contribution in [-0.4, -0.2) is 34.1 Å². The highest BCUT2D eigenvalue weighted by Gasteiger charge is 2.29. The smallest absolute Gasteiger partial charge is 0.308 e. The van der Waals surface area contributed by atoms with E-state index >= 15 is 0 Å². The van der Waals surface area contributed by atoms with Crippen LogP contribution in [0.15, 0.2) is 24.5 Å². The maximum atomic E-state index is 11.0. The van der Waals surface area contributed by atoms with Crippen molar-refractivity contribution >= 4 is 22.7 Å². The number of carboxylic acid groups (broad SMARTS) is 1. The van der Waals surface area contributed by atoms with Gasteiger partial charge in [0, 0.05) is 18.5 Å². The highest BCUT2D eigenvalue weighted by atomic mass is 16.4. The maximum absolute atomic E-state index is 11.0. The van der Waals surface area contributed by atoms with Crippen molar-refractivity contribution in [2.75, 3.05) is 18.0 Å². The first kappa shape index (κ1) is 11.9. The quantitative estimate of drug-likeness (QED) is 0.889. The first-order valence-electron chi connectivity index (χ1n) is 6.34. The van der Waals surface area contributed by atoms with E-state index in [0.717, 1.165) is 28.8 Å². The zero-order valence-corrected chi connectivity index (χ0v) is 10.7. The monoisotopic (exact) mass is 257 g/mol. The summed E-state index contributed by atoms with van der Waals surface area (Å²) in [5, 5.41) is 10.1. The van der Waals surface area contributed by atoms with Crippen LogP contribution in [0.4, 0.5) is 5.82 Å². The third-order valence-corrected chi connectivity index (χ3v) is 3.61. The molecule has 1 aromatic carbocycles. The number of benzene rings is 1. The van der Waals surface area contributed by atoms with E-state index in [1.54, 1.807) is 6.33 Å². The molecule has 1 aromatic heterocycles. The Hall–Kier alpha value is -2.17. The van der Waals surface area contributed by atoms with Gasteiger partial charge in [-0.25, -0.2) is 9.97 Å². The molecule has 0 aliphatic carbocycles. The second-order valence-electron chi connectivity index (χ2n) is 4.99. The largest absolute Gasteiger partial charge is 0.481 e. The topological polar surface area (TPSA) is 66.3 Å². The minimum absolute atomic E-state index is 0.296. The van der Waals surface area contributed by atoms with Crippen LogP contribution in [0.2, 0.25) is 0 Å². The molecule has 1 saturated heterocycles. The predicted octanol–water partition coefficient (Wildman–Crippen LogP) is 1.85. The summed E-state index contributed by atoms with van der Waals surface area (Å²) >= 11 is 0. The minimum atomic E-state index is -0.725. The summed E-state index contributed by atoms with van der Waals surface area (Å²) in [5.74, 6) is -0.177. The van der Waals surface area contributed by atoms with Crippen molar-refractivity contribution < 1.29 is 9.90 Å². The molecule has 1 unspecified atom stereocenters. The lowest BCUT2D eigenvalue weighted by Gasteiger charge is -2.18. The number of aromatic nitrogens is 2. The van der Waals surface area contributed by atoms with Gasteiger partial charge in [-0.1, -0.05) is 11.6 Å². The first-order chi connectivity index (χ1) is 9.15. The fourth-order valence-electron chi connectivity index (χ4n) is 2.56. The number of carbonyl (C=O) groups is 1. The Morgan fingerprint density at radius 2 is 2.26 bits per heavy atom. The molecule has 19 heavy (non-hydrogen) atoms. The molecule has 0 saturated carbocycles. The molecule has 98 valence electrons. The molecule has 1 aliphatic heterocycles. The van der Waals surface area contributed by atoms with Crippen molar-refractivity contribution in [3.05, 3.63) is 30.1 Å². The summed E-state index contributed by atoms with van der Waals surface area (Å²) in [6.45, 7) is 3.28. The fourth-order valence-corrected chi connectivity index (χ4v) is 2.56. The molecule has 1 fully saturated rings. The van der Waals surface area contributed by atoms with E-state index in [2.05, 4.69) is 16.0 Å². The molecule has 0 bridgehead atoms. The number of aliphatic carboxylic acids is 1. The van der Waals surface area contributed by atoms with Crippen LogP contribution in [0.3, 0.4) is 0 Å². The number of aryl methyl sites for hydroxylation is 1. The number of rotatable bonds is 2. The Bertz CT molecular complexity index is 642. The van der Waals surface area contributed by atoms with Gasteiger partial charge >= 0.3 is 5.97 Å². The van der Waals surface area contributed by atoms with Gasteiger partial charge in [0.05, 0.1) is 11.4 Å². The molecule has 1 N–H and O–H groups in total. The third-order valence-electron chi connectivity index (χ3n) is 3.61. The normalized spacial score (nSPS) is 19.0. The van der Waals surface area contributed by atoms with Crippen molar-refractivity contribution in [1.29, 1.82) is 0 Å². The Morgan fingerprint density at radius 1 is 1.42 bits per heavy atom. The van der Waals surface area contributed by atoms with Gasteiger partial charge in [0.1, 0.15) is 12.1 Å². The van der Waals surface area contributed by atoms with E-state index in [1.165, 1.54) is 0 Å². The SMILES string of the molecule is Cc1ccc2ncnc(N3CCC(C(=O)O)C3)c2c1. The van der Waals surface area contributed by atoms with E-state index < -0.39 is 5.97 Å². The minimum Gasteiger partial charge on any atom is -0.481 e. The van der Waals surface area contributed by atoms with Crippen molar-refractivity contribution in [3.63, 3.8) is 0 Å². The molecule has 5 heteroatoms. The molecular formula is C14H15N3O2. The van der Waals surface area contributed by atoms with Gasteiger partial charge in [0.15, 0.2) is 0 Å². The van der Waals surface area contributed by atoms with Gasteiger partial charge in [-0.05, 0) is 25.5 Å². The molecule has 3 rings (SSSR count). The van der Waals surface area contributed by atoms with E-state index in [4.69, 9.17) is 5.11 Å². The number of hydrogen-bond acceptors (Lipinski definition) is 4. The van der Waals surface area contributed by atoms with Crippen molar-refractivity contribution in [1.82, 2.24) is 9.97 Å². The Labute approximate surface area is 110 Å². The van der Waals surface area contributed by atoms with E-state index in [0.29, 0.717) is 13.0 Å². The zero-order chi connectivity index (χ0) is 13.4. The molecule has 1 aliphatic rings. The Morgan fingerprint density at radius 3 is 3.00 bits per heavy atom. The highest BCUT2D eigenvalue weighted by molar-refractivity contribution is 5.90. The third kappa shape index (κ3) is 2.12. The molecule has 2 heterocycles. The summed E-state index contributed by atoms with van der Waals surface area (Å²) in [6, 6.07) is 6.04. The average molecular weight is 257 g/mol. The van der Waals surface area contributed by atoms with E-state index in [1.807, 2.05) is 24.0 Å². The number of fused-ring (bicyclic) bond motifs is 1. The van der Waals surface area contributed by atoms with Gasteiger partial charge in [0.25, 0.3) is 0 Å². The summed E-state index contributed by atoms with van der Waals surface area (Å²) in [7, 11) is 0. The maximum Gasteiger partial charge on any atom is 0.308 e. The average Bonchev–Trinajstić information content (AvgIpc) is 2.87. The van der Waals surface area contributed by atoms with Crippen molar-refractivity contribution in [2.45, 2.75) is 13.3 Å². The highest BCUT2D eigenvalue weighted by Crippen LogP contribution is 2.28. The van der Waals surface area contributed by atoms with Crippen molar-refractivity contribution in [3.8, 4) is 0 Å². The van der Waals surface area contributed by atoms with Crippen LogP contribution >= 0.6 is 0 Å². The molecule has 5 nitrogen and oxygen atoms in total. The molecule has 0 amide bonds. The lowest BCUT2D eigenvalue weighted by molar-refractivity contribution is -0.140. The predicted molar refractivity (Wildman–Crippen MR) is 72.2 cm³/mol. The Kier molecular flexibility index (Phi) is 2.81. The van der Waals surface area contributed by atoms with Crippen LogP contribution in [0.1, 0.15) is 12.0 Å². The lowest BCUT2D eigenvalue weighted by atomic mass is 10.1. The van der Waals surface area contributed by atoms with Gasteiger partial charge in [-0.15, -0.1) is 0 Å². The van der Waals surface area contributed by atoms with Crippen LogP contribution in [-0.2, 0) is 4.79 Å². The lowest BCUT2D eigenvalue weighted by Crippen LogP contribution is -2.23. The van der Waals surface area contributed by atoms with Gasteiger partial charge in [-0.3, -0.25) is 4.79 Å². The van der Waals surface area contributed by atoms with Crippen LogP contribution in [0.25, 0.3) is 10.9 Å². The summed E-state index contributed by atoms with van der Waals surface area (Å²) in [5.41, 5.74) is 2.05. The van der Waals surface area contributed by atoms with E-state index in [9.17, 15) is 4.79 Å². The first-order valence-corrected chi connectivity index (χ1v) is 6.34. The second-order valence-corrected chi connectivity index (χ2v) is 4.99. The molecule has 2 aromatic rings. The van der Waals surface area contributed by atoms with Crippen LogP contribution in [0.5, 0.6) is 0 Å². The number of anilines is 1. The standard InChI is InChI=1S/C14H15N3O2/c1-9-2-3-12-11(6-9)13(16-8-15-12)17-5-4-10(7-17)14(18)19/h2-3,6,8,10H,4-5,7H2,1H3,(H,18,19). The second kappa shape index (κ2) is 4.50. The summed E-state index contributed by atoms with van der Waals surface area (Å²) in [6.07, 6.45) is 2.22. The summed E-state index contributed by atoms with van der Waals surface area (Å²) < 4.78 is 0. The number of carboxylic acids is 1. The van der Waals surface area contributed by atoms with Crippen LogP contribution < -0.4 is 4.90 Å². The Balaban J connectivity index is 2.01. The van der Waals surface area contributed by atoms with E-state index in [-0.39, 0.29) is 5.92 Å². The zero-order valence-electron chi connectivity index (χ0n) is 10.7. The van der Waals surface area contributed by atoms with Gasteiger partial charge in [0.2, 0.25) is 0 Å². The fraction of sp³-hybridized carbons (Fsp3) is 0.357. The van der Waals surface area contributed by atoms with Crippen molar-refractivity contribution in [2.24, 2.45) is 5.92 Å². The molecule has 0 radical (unpaired) electrons. The molecular weight excluding hydrogens is 242 g/mol. The molecule has 0 spiro atoms. The number of hydrogen-bond donors (Lipinski definition) is 1. The van der Waals surface area contributed by atoms with Crippen LogP contribution in [0, 0.1) is 12.8 Å². The van der Waals surface area contributed by atoms with Gasteiger partial charge < -0.3 is 10.0 Å². The summed E-state index contributed by atoms with van der Waals surface area (Å²) in [4.78, 5) is 21.7. The van der Waals surface area contributed by atoms with Gasteiger partial charge in [-0.2, -0.15) is 0 Å². The number of nitrogens with zero attached hydrogens (tertiary/aromatic N) is 3. The molecule has 1 atom stereocenters.